The number of carbonyl (C=O) groups is 2. The number of nitrogens with one attached hydrogen (secondary N) is 1. The van der Waals surface area contributed by atoms with E-state index in [2.05, 4.69) is 5.32 Å². The molecule has 1 aliphatic carbocycles. The van der Waals surface area contributed by atoms with Gasteiger partial charge < -0.3 is 24.8 Å². The summed E-state index contributed by atoms with van der Waals surface area (Å²) >= 11 is 0. The van der Waals surface area contributed by atoms with Crippen molar-refractivity contribution in [2.75, 3.05) is 27.3 Å². The van der Waals surface area contributed by atoms with Gasteiger partial charge in [-0.05, 0) is 49.8 Å². The molecule has 0 radical (unpaired) electrons. The van der Waals surface area contributed by atoms with E-state index < -0.39 is 11.4 Å². The zero-order valence-corrected chi connectivity index (χ0v) is 16.2. The molecular formula is C20H28N2O5. The third-order valence-corrected chi connectivity index (χ3v) is 5.94. The van der Waals surface area contributed by atoms with Gasteiger partial charge in [0.25, 0.3) is 0 Å². The molecule has 2 aliphatic rings. The van der Waals surface area contributed by atoms with E-state index in [1.807, 2.05) is 25.1 Å². The van der Waals surface area contributed by atoms with Crippen molar-refractivity contribution >= 4 is 12.0 Å². The first-order valence-corrected chi connectivity index (χ1v) is 9.39. The molecule has 27 heavy (non-hydrogen) atoms. The Balaban J connectivity index is 1.59. The number of nitrogens with zero attached hydrogens (tertiary/aromatic N) is 1. The summed E-state index contributed by atoms with van der Waals surface area (Å²) < 4.78 is 10.6. The number of carboxylic acids is 1. The molecule has 0 aromatic heterocycles. The Morgan fingerprint density at radius 1 is 1.33 bits per heavy atom. The summed E-state index contributed by atoms with van der Waals surface area (Å²) in [5.41, 5.74) is 0.282. The lowest BCUT2D eigenvalue weighted by Gasteiger charge is -2.24. The second-order valence-corrected chi connectivity index (χ2v) is 7.67. The topological polar surface area (TPSA) is 88.1 Å². The minimum absolute atomic E-state index is 0.0712. The fourth-order valence-corrected chi connectivity index (χ4v) is 4.51. The second kappa shape index (κ2) is 7.66. The number of hydrogen-bond donors (Lipinski definition) is 2. The number of aliphatic carboxylic acids is 1. The Labute approximate surface area is 159 Å². The van der Waals surface area contributed by atoms with Crippen LogP contribution in [0.4, 0.5) is 4.79 Å². The van der Waals surface area contributed by atoms with Crippen LogP contribution in [0.5, 0.6) is 11.5 Å². The molecule has 148 valence electrons. The van der Waals surface area contributed by atoms with Crippen LogP contribution in [0.2, 0.25) is 0 Å². The maximum atomic E-state index is 12.6. The number of likely N-dealkylation sites (tertiary alicyclic amines) is 1. The Bertz CT molecular complexity index is 722. The molecule has 7 heteroatoms. The Morgan fingerprint density at radius 3 is 2.70 bits per heavy atom. The van der Waals surface area contributed by atoms with Gasteiger partial charge in [-0.3, -0.25) is 4.79 Å². The number of urea groups is 1. The Morgan fingerprint density at radius 2 is 2.07 bits per heavy atom. The fraction of sp³-hybridized carbons (Fsp3) is 0.600. The lowest BCUT2D eigenvalue weighted by molar-refractivity contribution is -0.149. The standard InChI is InChI=1S/C20H28N2O5/c1-13(9-14-6-7-16(26-2)17(10-14)27-3)21-19(25)22-11-15-5-4-8-20(15,12-22)18(23)24/h6-7,10,13,15H,4-5,8-9,11-12H2,1-3H3,(H,21,25)(H,23,24)/t13?,15-,20+/m0/s1. The van der Waals surface area contributed by atoms with Crippen LogP contribution in [0, 0.1) is 11.3 Å². The van der Waals surface area contributed by atoms with Gasteiger partial charge in [0, 0.05) is 19.1 Å². The molecule has 1 unspecified atom stereocenters. The number of carboxylic acid groups (broad SMARTS) is 1. The molecule has 0 bridgehead atoms. The molecule has 1 aromatic rings. The monoisotopic (exact) mass is 376 g/mol. The lowest BCUT2D eigenvalue weighted by atomic mass is 9.81. The minimum atomic E-state index is -0.765. The highest BCUT2D eigenvalue weighted by molar-refractivity contribution is 5.80. The average molecular weight is 376 g/mol. The third-order valence-electron chi connectivity index (χ3n) is 5.94. The van der Waals surface area contributed by atoms with E-state index in [4.69, 9.17) is 9.47 Å². The predicted octanol–water partition coefficient (Wildman–Crippen LogP) is 2.53. The van der Waals surface area contributed by atoms with Crippen molar-refractivity contribution in [3.05, 3.63) is 23.8 Å². The van der Waals surface area contributed by atoms with Crippen molar-refractivity contribution in [1.82, 2.24) is 10.2 Å². The maximum absolute atomic E-state index is 12.6. The summed E-state index contributed by atoms with van der Waals surface area (Å²) in [5.74, 6) is 0.630. The van der Waals surface area contributed by atoms with E-state index in [1.54, 1.807) is 19.1 Å². The van der Waals surface area contributed by atoms with E-state index in [0.717, 1.165) is 18.4 Å². The molecule has 1 aromatic carbocycles. The highest BCUT2D eigenvalue weighted by atomic mass is 16.5. The quantitative estimate of drug-likeness (QED) is 0.797. The predicted molar refractivity (Wildman–Crippen MR) is 100 cm³/mol. The van der Waals surface area contributed by atoms with Crippen molar-refractivity contribution in [2.45, 2.75) is 38.6 Å². The van der Waals surface area contributed by atoms with Crippen LogP contribution in [0.15, 0.2) is 18.2 Å². The van der Waals surface area contributed by atoms with Gasteiger partial charge in [-0.15, -0.1) is 0 Å². The second-order valence-electron chi connectivity index (χ2n) is 7.67. The SMILES string of the molecule is COc1ccc(CC(C)NC(=O)N2C[C@@H]3CCC[C@@]3(C(=O)O)C2)cc1OC. The molecule has 1 saturated carbocycles. The van der Waals surface area contributed by atoms with Crippen LogP contribution in [0.3, 0.4) is 0 Å². The van der Waals surface area contributed by atoms with Gasteiger partial charge in [-0.25, -0.2) is 4.79 Å². The summed E-state index contributed by atoms with van der Waals surface area (Å²) in [4.78, 5) is 26.1. The zero-order chi connectivity index (χ0) is 19.6. The number of hydrogen-bond acceptors (Lipinski definition) is 4. The average Bonchev–Trinajstić information content (AvgIpc) is 3.20. The first-order valence-electron chi connectivity index (χ1n) is 9.39. The molecule has 3 rings (SSSR count). The number of carbonyl (C=O) groups excluding carboxylic acids is 1. The van der Waals surface area contributed by atoms with Crippen molar-refractivity contribution < 1.29 is 24.2 Å². The highest BCUT2D eigenvalue weighted by Crippen LogP contribution is 2.48. The van der Waals surface area contributed by atoms with Crippen LogP contribution in [0.1, 0.15) is 31.7 Å². The van der Waals surface area contributed by atoms with Crippen LogP contribution in [-0.2, 0) is 11.2 Å². The number of methoxy groups -OCH3 is 2. The van der Waals surface area contributed by atoms with Gasteiger partial charge in [0.15, 0.2) is 11.5 Å². The van der Waals surface area contributed by atoms with Crippen molar-refractivity contribution in [1.29, 1.82) is 0 Å². The molecule has 2 N–H and O–H groups in total. The first kappa shape index (κ1) is 19.3. The van der Waals surface area contributed by atoms with Crippen LogP contribution < -0.4 is 14.8 Å². The summed E-state index contributed by atoms with van der Waals surface area (Å²) in [6.07, 6.45) is 3.13. The minimum Gasteiger partial charge on any atom is -0.493 e. The molecule has 7 nitrogen and oxygen atoms in total. The van der Waals surface area contributed by atoms with Crippen molar-refractivity contribution in [3.63, 3.8) is 0 Å². The molecule has 0 spiro atoms. The van der Waals surface area contributed by atoms with Gasteiger partial charge in [0.1, 0.15) is 0 Å². The van der Waals surface area contributed by atoms with Crippen LogP contribution in [0.25, 0.3) is 0 Å². The fourth-order valence-electron chi connectivity index (χ4n) is 4.51. The number of amides is 2. The molecular weight excluding hydrogens is 348 g/mol. The van der Waals surface area contributed by atoms with Crippen LogP contribution >= 0.6 is 0 Å². The number of benzene rings is 1. The summed E-state index contributed by atoms with van der Waals surface area (Å²) in [6.45, 7) is 2.78. The van der Waals surface area contributed by atoms with E-state index in [0.29, 0.717) is 37.4 Å². The number of rotatable bonds is 6. The first-order chi connectivity index (χ1) is 12.9. The normalized spacial score (nSPS) is 25.0. The van der Waals surface area contributed by atoms with E-state index >= 15 is 0 Å². The summed E-state index contributed by atoms with van der Waals surface area (Å²) in [7, 11) is 3.19. The maximum Gasteiger partial charge on any atom is 0.317 e. The highest BCUT2D eigenvalue weighted by Gasteiger charge is 2.55. The largest absolute Gasteiger partial charge is 0.493 e. The van der Waals surface area contributed by atoms with Gasteiger partial charge in [0.2, 0.25) is 0 Å². The van der Waals surface area contributed by atoms with E-state index in [9.17, 15) is 14.7 Å². The molecule has 3 atom stereocenters. The van der Waals surface area contributed by atoms with Crippen molar-refractivity contribution in [3.8, 4) is 11.5 Å². The Kier molecular flexibility index (Phi) is 5.48. The van der Waals surface area contributed by atoms with E-state index in [1.165, 1.54) is 0 Å². The van der Waals surface area contributed by atoms with Gasteiger partial charge >= 0.3 is 12.0 Å². The molecule has 1 saturated heterocycles. The Hall–Kier alpha value is -2.44. The summed E-state index contributed by atoms with van der Waals surface area (Å²) in [6, 6.07) is 5.43. The molecule has 1 aliphatic heterocycles. The van der Waals surface area contributed by atoms with E-state index in [-0.39, 0.29) is 18.0 Å². The molecule has 2 amide bonds. The third kappa shape index (κ3) is 3.68. The van der Waals surface area contributed by atoms with Crippen molar-refractivity contribution in [2.24, 2.45) is 11.3 Å². The zero-order valence-electron chi connectivity index (χ0n) is 16.2. The molecule has 1 heterocycles. The van der Waals surface area contributed by atoms with Gasteiger partial charge in [0.05, 0.1) is 19.6 Å². The number of ether oxygens (including phenoxy) is 2. The lowest BCUT2D eigenvalue weighted by Crippen LogP contribution is -2.45. The number of fused-ring (bicyclic) bond motifs is 1. The smallest absolute Gasteiger partial charge is 0.317 e. The summed E-state index contributed by atoms with van der Waals surface area (Å²) in [5, 5.41) is 12.7. The molecule has 2 fully saturated rings. The van der Waals surface area contributed by atoms with Gasteiger partial charge in [-0.2, -0.15) is 0 Å². The van der Waals surface area contributed by atoms with Crippen LogP contribution in [-0.4, -0.2) is 55.4 Å². The van der Waals surface area contributed by atoms with Gasteiger partial charge in [-0.1, -0.05) is 12.5 Å².